The molecule has 148 valence electrons. The minimum absolute atomic E-state index is 0.0582. The van der Waals surface area contributed by atoms with Gasteiger partial charge in [0.15, 0.2) is 0 Å². The minimum Gasteiger partial charge on any atom is -0.497 e. The molecular weight excluding hydrogens is 354 g/mol. The van der Waals surface area contributed by atoms with E-state index in [4.69, 9.17) is 4.74 Å². The van der Waals surface area contributed by atoms with Crippen molar-refractivity contribution in [1.82, 2.24) is 10.2 Å². The maximum absolute atomic E-state index is 12.8. The van der Waals surface area contributed by atoms with Gasteiger partial charge in [-0.25, -0.2) is 4.79 Å². The second kappa shape index (κ2) is 8.78. The molecule has 6 nitrogen and oxygen atoms in total. The number of rotatable bonds is 5. The van der Waals surface area contributed by atoms with Gasteiger partial charge < -0.3 is 19.9 Å². The highest BCUT2D eigenvalue weighted by atomic mass is 16.5. The average Bonchev–Trinajstić information content (AvgIpc) is 2.72. The van der Waals surface area contributed by atoms with E-state index in [0.717, 1.165) is 11.3 Å². The largest absolute Gasteiger partial charge is 0.497 e. The second-order valence-electron chi connectivity index (χ2n) is 7.25. The fourth-order valence-corrected chi connectivity index (χ4v) is 3.42. The number of nitrogens with zero attached hydrogens (tertiary/aromatic N) is 2. The van der Waals surface area contributed by atoms with Crippen molar-refractivity contribution in [3.8, 4) is 5.75 Å². The lowest BCUT2D eigenvalue weighted by Crippen LogP contribution is -2.55. The van der Waals surface area contributed by atoms with Crippen molar-refractivity contribution in [2.75, 3.05) is 31.6 Å². The fraction of sp³-hybridized carbons (Fsp3) is 0.364. The van der Waals surface area contributed by atoms with Gasteiger partial charge >= 0.3 is 6.03 Å². The van der Waals surface area contributed by atoms with E-state index in [9.17, 15) is 9.59 Å². The van der Waals surface area contributed by atoms with E-state index in [-0.39, 0.29) is 30.4 Å². The number of ether oxygens (including phenoxy) is 1. The highest BCUT2D eigenvalue weighted by molar-refractivity contribution is 5.97. The van der Waals surface area contributed by atoms with Crippen molar-refractivity contribution in [2.45, 2.75) is 19.9 Å². The van der Waals surface area contributed by atoms with E-state index >= 15 is 0 Å². The first-order valence-corrected chi connectivity index (χ1v) is 9.54. The Bertz CT molecular complexity index is 823. The van der Waals surface area contributed by atoms with Gasteiger partial charge in [-0.3, -0.25) is 4.79 Å². The van der Waals surface area contributed by atoms with Gasteiger partial charge in [0, 0.05) is 24.8 Å². The van der Waals surface area contributed by atoms with Crippen LogP contribution < -0.4 is 15.0 Å². The number of hydrogen-bond acceptors (Lipinski definition) is 3. The molecule has 2 aromatic carbocycles. The van der Waals surface area contributed by atoms with Crippen LogP contribution >= 0.6 is 0 Å². The normalized spacial score (nSPS) is 15.5. The molecule has 1 N–H and O–H groups in total. The summed E-state index contributed by atoms with van der Waals surface area (Å²) >= 11 is 0. The van der Waals surface area contributed by atoms with Crippen LogP contribution in [0.2, 0.25) is 0 Å². The minimum atomic E-state index is -0.207. The molecular formula is C22H27N3O3. The van der Waals surface area contributed by atoms with Gasteiger partial charge in [-0.1, -0.05) is 50.2 Å². The van der Waals surface area contributed by atoms with Crippen molar-refractivity contribution in [3.05, 3.63) is 60.2 Å². The number of carbonyl (C=O) groups excluding carboxylic acids is 2. The molecule has 1 aliphatic rings. The van der Waals surface area contributed by atoms with E-state index in [1.807, 2.05) is 54.6 Å². The zero-order valence-corrected chi connectivity index (χ0v) is 16.6. The summed E-state index contributed by atoms with van der Waals surface area (Å²) in [4.78, 5) is 28.7. The number of nitrogens with one attached hydrogen (secondary N) is 1. The summed E-state index contributed by atoms with van der Waals surface area (Å²) < 4.78 is 5.24. The van der Waals surface area contributed by atoms with Crippen molar-refractivity contribution < 1.29 is 14.3 Å². The Kier molecular flexibility index (Phi) is 6.19. The van der Waals surface area contributed by atoms with Gasteiger partial charge in [0.25, 0.3) is 0 Å². The van der Waals surface area contributed by atoms with Crippen molar-refractivity contribution in [3.63, 3.8) is 0 Å². The summed E-state index contributed by atoms with van der Waals surface area (Å²) in [7, 11) is 1.60. The van der Waals surface area contributed by atoms with Crippen LogP contribution in [0.5, 0.6) is 5.75 Å². The predicted octanol–water partition coefficient (Wildman–Crippen LogP) is 3.45. The summed E-state index contributed by atoms with van der Waals surface area (Å²) in [5, 5.41) is 3.09. The summed E-state index contributed by atoms with van der Waals surface area (Å²) in [6, 6.07) is 17.0. The molecule has 0 aromatic heterocycles. The molecule has 0 spiro atoms. The van der Waals surface area contributed by atoms with Gasteiger partial charge in [0.1, 0.15) is 12.3 Å². The van der Waals surface area contributed by atoms with E-state index in [2.05, 4.69) is 19.2 Å². The van der Waals surface area contributed by atoms with E-state index in [1.54, 1.807) is 16.9 Å². The number of anilines is 1. The second-order valence-corrected chi connectivity index (χ2v) is 7.25. The Labute approximate surface area is 166 Å². The van der Waals surface area contributed by atoms with Gasteiger partial charge in [0.2, 0.25) is 5.91 Å². The maximum Gasteiger partial charge on any atom is 0.318 e. The van der Waals surface area contributed by atoms with Crippen LogP contribution in [0.4, 0.5) is 10.5 Å². The highest BCUT2D eigenvalue weighted by Gasteiger charge is 2.30. The molecule has 1 aliphatic heterocycles. The summed E-state index contributed by atoms with van der Waals surface area (Å²) in [6.07, 6.45) is 0. The zero-order chi connectivity index (χ0) is 20.1. The standard InChI is InChI=1S/C22H27N3O3/c1-16(2)21(17-8-5-4-6-9-17)23-22(27)24-12-13-25(20(26)15-24)18-10-7-11-19(14-18)28-3/h4-11,14,16,21H,12-13,15H2,1-3H3,(H,23,27)/t21-/m1/s1. The van der Waals surface area contributed by atoms with E-state index in [1.165, 1.54) is 0 Å². The third kappa shape index (κ3) is 4.44. The number of urea groups is 1. The van der Waals surface area contributed by atoms with Crippen molar-refractivity contribution >= 4 is 17.6 Å². The van der Waals surface area contributed by atoms with Crippen LogP contribution in [0.3, 0.4) is 0 Å². The molecule has 0 aliphatic carbocycles. The molecule has 1 fully saturated rings. The van der Waals surface area contributed by atoms with Crippen molar-refractivity contribution in [1.29, 1.82) is 0 Å². The summed E-state index contributed by atoms with van der Waals surface area (Å²) in [6.45, 7) is 5.14. The number of amides is 3. The highest BCUT2D eigenvalue weighted by Crippen LogP contribution is 2.24. The average molecular weight is 381 g/mol. The molecule has 1 saturated heterocycles. The van der Waals surface area contributed by atoms with Crippen LogP contribution in [0.15, 0.2) is 54.6 Å². The lowest BCUT2D eigenvalue weighted by Gasteiger charge is -2.35. The van der Waals surface area contributed by atoms with Crippen LogP contribution in [0.25, 0.3) is 0 Å². The first-order chi connectivity index (χ1) is 13.5. The van der Waals surface area contributed by atoms with Crippen LogP contribution in [-0.4, -0.2) is 43.6 Å². The molecule has 1 heterocycles. The monoisotopic (exact) mass is 381 g/mol. The number of methoxy groups -OCH3 is 1. The van der Waals surface area contributed by atoms with Crippen LogP contribution in [0.1, 0.15) is 25.5 Å². The maximum atomic E-state index is 12.8. The Hall–Kier alpha value is -3.02. The van der Waals surface area contributed by atoms with Gasteiger partial charge in [-0.05, 0) is 23.6 Å². The Morgan fingerprint density at radius 3 is 2.46 bits per heavy atom. The van der Waals surface area contributed by atoms with Crippen molar-refractivity contribution in [2.24, 2.45) is 5.92 Å². The number of benzene rings is 2. The zero-order valence-electron chi connectivity index (χ0n) is 16.6. The van der Waals surface area contributed by atoms with Crippen LogP contribution in [0, 0.1) is 5.92 Å². The topological polar surface area (TPSA) is 61.9 Å². The molecule has 0 bridgehead atoms. The van der Waals surface area contributed by atoms with Gasteiger partial charge in [-0.15, -0.1) is 0 Å². The quantitative estimate of drug-likeness (QED) is 0.863. The lowest BCUT2D eigenvalue weighted by molar-refractivity contribution is -0.120. The molecule has 2 aromatic rings. The predicted molar refractivity (Wildman–Crippen MR) is 109 cm³/mol. The Balaban J connectivity index is 1.66. The fourth-order valence-electron chi connectivity index (χ4n) is 3.42. The molecule has 1 atom stereocenters. The molecule has 0 saturated carbocycles. The van der Waals surface area contributed by atoms with Gasteiger partial charge in [-0.2, -0.15) is 0 Å². The van der Waals surface area contributed by atoms with Crippen LogP contribution in [-0.2, 0) is 4.79 Å². The molecule has 0 radical (unpaired) electrons. The van der Waals surface area contributed by atoms with E-state index < -0.39 is 0 Å². The summed E-state index contributed by atoms with van der Waals surface area (Å²) in [5.41, 5.74) is 1.85. The first kappa shape index (κ1) is 19.7. The summed E-state index contributed by atoms with van der Waals surface area (Å²) in [5.74, 6) is 0.837. The lowest BCUT2D eigenvalue weighted by atomic mass is 9.96. The molecule has 6 heteroatoms. The SMILES string of the molecule is COc1cccc(N2CCN(C(=O)N[C@@H](c3ccccc3)C(C)C)CC2=O)c1. The molecule has 28 heavy (non-hydrogen) atoms. The Morgan fingerprint density at radius 1 is 1.07 bits per heavy atom. The number of carbonyl (C=O) groups is 2. The third-order valence-corrected chi connectivity index (χ3v) is 4.98. The molecule has 0 unspecified atom stereocenters. The number of hydrogen-bond donors (Lipinski definition) is 1. The number of piperazine rings is 1. The van der Waals surface area contributed by atoms with Gasteiger partial charge in [0.05, 0.1) is 13.2 Å². The third-order valence-electron chi connectivity index (χ3n) is 4.98. The molecule has 3 rings (SSSR count). The smallest absolute Gasteiger partial charge is 0.318 e. The van der Waals surface area contributed by atoms with E-state index in [0.29, 0.717) is 18.8 Å². The molecule has 3 amide bonds. The first-order valence-electron chi connectivity index (χ1n) is 9.54. The Morgan fingerprint density at radius 2 is 1.82 bits per heavy atom.